The number of hydrogen-bond donors (Lipinski definition) is 3. The molecule has 2 aliphatic heterocycles. The van der Waals surface area contributed by atoms with Crippen molar-refractivity contribution < 1.29 is 77.8 Å². The summed E-state index contributed by atoms with van der Waals surface area (Å²) in [6.07, 6.45) is 17.4. The molecule has 0 atom stereocenters. The van der Waals surface area contributed by atoms with Crippen molar-refractivity contribution in [1.29, 1.82) is 0 Å². The monoisotopic (exact) mass is 984 g/mol. The van der Waals surface area contributed by atoms with Crippen LogP contribution in [0.2, 0.25) is 0 Å². The van der Waals surface area contributed by atoms with Crippen LogP contribution in [0.25, 0.3) is 21.5 Å². The first kappa shape index (κ1) is 54.2. The Morgan fingerprint density at radius 2 is 1.39 bits per heavy atom. The number of unbranched alkanes of at least 4 members (excludes halogenated alkanes) is 6. The molecular weight excluding hydrogens is 924 g/mol. The van der Waals surface area contributed by atoms with Gasteiger partial charge in [0.25, 0.3) is 10.1 Å². The molecule has 0 fully saturated rings. The zero-order valence-corrected chi connectivity index (χ0v) is 43.5. The topological polar surface area (TPSA) is 230 Å². The van der Waals surface area contributed by atoms with Gasteiger partial charge in [0.15, 0.2) is 5.71 Å². The van der Waals surface area contributed by atoms with E-state index in [2.05, 4.69) is 48.6 Å². The molecule has 356 valence electrons. The largest absolute Gasteiger partial charge is 1.00 e. The minimum absolute atomic E-state index is 0. The molecule has 0 saturated heterocycles. The number of anilines is 1. The van der Waals surface area contributed by atoms with Crippen LogP contribution in [0.15, 0.2) is 107 Å². The van der Waals surface area contributed by atoms with E-state index in [1.54, 1.807) is 18.2 Å². The molecule has 4 aromatic carbocycles. The molecule has 4 N–H and O–H groups in total. The van der Waals surface area contributed by atoms with E-state index >= 15 is 0 Å². The molecule has 0 aromatic heterocycles. The first-order valence-corrected chi connectivity index (χ1v) is 26.9. The number of benzene rings is 4. The van der Waals surface area contributed by atoms with Gasteiger partial charge in [0, 0.05) is 66.2 Å². The number of hydrogen-bond acceptors (Lipinski definition) is 11. The van der Waals surface area contributed by atoms with Gasteiger partial charge in [-0.05, 0) is 128 Å². The number of carbonyl (C=O) groups excluding carboxylic acids is 1. The molecule has 67 heavy (non-hydrogen) atoms. The molecule has 4 aromatic rings. The summed E-state index contributed by atoms with van der Waals surface area (Å²) in [6, 6.07) is 16.5. The fourth-order valence-electron chi connectivity index (χ4n) is 9.52. The van der Waals surface area contributed by atoms with Crippen molar-refractivity contribution in [3.05, 3.63) is 108 Å². The van der Waals surface area contributed by atoms with E-state index in [0.717, 1.165) is 89.6 Å². The van der Waals surface area contributed by atoms with Crippen molar-refractivity contribution in [3.63, 3.8) is 0 Å². The molecule has 0 aliphatic carbocycles. The van der Waals surface area contributed by atoms with Gasteiger partial charge in [0.05, 0.1) is 25.3 Å². The number of nitrogens with one attached hydrogen (secondary N) is 1. The van der Waals surface area contributed by atoms with Crippen molar-refractivity contribution in [1.82, 2.24) is 5.32 Å². The molecule has 0 bridgehead atoms. The number of nitrogens with zero attached hydrogens (tertiary/aromatic N) is 2. The van der Waals surface area contributed by atoms with E-state index in [4.69, 9.17) is 5.73 Å². The average molecular weight is 985 g/mol. The van der Waals surface area contributed by atoms with Crippen LogP contribution in [0.3, 0.4) is 0 Å². The molecule has 0 spiro atoms. The van der Waals surface area contributed by atoms with Crippen LogP contribution in [0.4, 0.5) is 11.4 Å². The van der Waals surface area contributed by atoms with Crippen LogP contribution in [-0.4, -0.2) is 87.0 Å². The van der Waals surface area contributed by atoms with E-state index in [9.17, 15) is 43.7 Å². The van der Waals surface area contributed by atoms with Crippen molar-refractivity contribution in [2.45, 2.75) is 113 Å². The maximum Gasteiger partial charge on any atom is 1.00 e. The van der Waals surface area contributed by atoms with Crippen LogP contribution < -0.4 is 45.5 Å². The van der Waals surface area contributed by atoms with Crippen LogP contribution >= 0.6 is 0 Å². The Bertz CT molecular complexity index is 2960. The molecule has 6 rings (SSSR count). The van der Waals surface area contributed by atoms with Gasteiger partial charge in [-0.15, -0.1) is 0 Å². The second kappa shape index (κ2) is 22.3. The van der Waals surface area contributed by atoms with E-state index in [-0.39, 0.29) is 51.7 Å². The quantitative estimate of drug-likeness (QED) is 0.0316. The minimum atomic E-state index is -4.68. The van der Waals surface area contributed by atoms with E-state index in [1.165, 1.54) is 24.3 Å². The molecule has 0 saturated carbocycles. The number of amides is 1. The van der Waals surface area contributed by atoms with E-state index < -0.39 is 46.9 Å². The van der Waals surface area contributed by atoms with Crippen molar-refractivity contribution in [3.8, 4) is 0 Å². The zero-order chi connectivity index (χ0) is 48.1. The Labute approximate surface area is 418 Å². The molecule has 0 unspecified atom stereocenters. The molecule has 2 aliphatic rings. The number of allylic oxidation sites excluding steroid dienone is 6. The van der Waals surface area contributed by atoms with Gasteiger partial charge >= 0.3 is 29.6 Å². The summed E-state index contributed by atoms with van der Waals surface area (Å²) in [5, 5.41) is 5.95. The number of fused-ring (bicyclic) bond motifs is 6. The third kappa shape index (κ3) is 12.9. The Balaban J connectivity index is 0.00000840. The fourth-order valence-corrected chi connectivity index (χ4v) is 11.1. The fraction of sp³-hybridized carbons (Fsp3) is 0.429. The average Bonchev–Trinajstić information content (AvgIpc) is 3.59. The standard InChI is InChI=1S/C49H62N4O10S3.Na/c1-48(2)43(52(30-14-8-11-19-45(54)51-29-13-6-5-12-28-50)41-26-20-35-33-37(65(58,59)60)22-24-39(35)46(41)48)17-9-7-10-18-44-49(3,4)47-40-25-23-38(66(61,62)63)34-36(40)21-27-42(47)53(44)31-15-16-32-64(55,56)57;/h7,9-10,17-18,20-27,33-34H,5-6,8,11-16,19,28-32,50H2,1-4H3,(H3-,51,54,55,56,57,58,59,60,61,62,63);/q;+1/p-1. The Kier molecular flexibility index (Phi) is 18.1. The second-order valence-corrected chi connectivity index (χ2v) is 22.5. The van der Waals surface area contributed by atoms with Crippen LogP contribution in [0.5, 0.6) is 0 Å². The first-order valence-electron chi connectivity index (χ1n) is 22.5. The van der Waals surface area contributed by atoms with Crippen LogP contribution in [0.1, 0.15) is 103 Å². The van der Waals surface area contributed by atoms with Crippen LogP contribution in [-0.2, 0) is 46.0 Å². The molecule has 1 amide bonds. The SMILES string of the molecule is CC1(C)C(=CC=CC=CC2=[N+](CCCCCC(=O)NCCCCCCN)c3ccc4cc(S(=O)(=O)O)ccc4c3C2(C)C)N(CCCCS(=O)(=O)[O-])c2ccc3cc(S(=O)(=O)[O-])ccc3c21.[Na+]. The predicted octanol–water partition coefficient (Wildman–Crippen LogP) is 4.84. The summed E-state index contributed by atoms with van der Waals surface area (Å²) in [6.45, 7) is 10.8. The Morgan fingerprint density at radius 3 is 2.06 bits per heavy atom. The number of carbonyl (C=O) groups is 1. The maximum absolute atomic E-state index is 12.5. The summed E-state index contributed by atoms with van der Waals surface area (Å²) in [5.74, 6) is -0.423. The molecule has 2 heterocycles. The smallest absolute Gasteiger partial charge is 0.748 e. The summed E-state index contributed by atoms with van der Waals surface area (Å²) < 4.78 is 106. The van der Waals surface area contributed by atoms with Gasteiger partial charge in [-0.1, -0.05) is 63.1 Å². The summed E-state index contributed by atoms with van der Waals surface area (Å²) in [5.41, 5.74) is 10.1. The van der Waals surface area contributed by atoms with Gasteiger partial charge in [0.1, 0.15) is 16.7 Å². The van der Waals surface area contributed by atoms with Gasteiger partial charge in [-0.3, -0.25) is 9.35 Å². The Morgan fingerprint density at radius 1 is 0.746 bits per heavy atom. The predicted molar refractivity (Wildman–Crippen MR) is 258 cm³/mol. The molecular formula is C49H61N4NaO10S3. The van der Waals surface area contributed by atoms with E-state index in [0.29, 0.717) is 49.8 Å². The van der Waals surface area contributed by atoms with Gasteiger partial charge in [-0.2, -0.15) is 13.0 Å². The van der Waals surface area contributed by atoms with Crippen molar-refractivity contribution in [2.24, 2.45) is 5.73 Å². The Hall–Kier alpha value is -3.75. The van der Waals surface area contributed by atoms with Crippen molar-refractivity contribution in [2.75, 3.05) is 36.8 Å². The van der Waals surface area contributed by atoms with E-state index in [1.807, 2.05) is 42.5 Å². The molecule has 0 radical (unpaired) electrons. The third-order valence-corrected chi connectivity index (χ3v) is 15.2. The van der Waals surface area contributed by atoms with Gasteiger partial charge in [0.2, 0.25) is 11.6 Å². The van der Waals surface area contributed by atoms with Crippen molar-refractivity contribution >= 4 is 74.9 Å². The number of rotatable bonds is 22. The normalized spacial score (nSPS) is 16.4. The van der Waals surface area contributed by atoms with Crippen LogP contribution in [0, 0.1) is 0 Å². The van der Waals surface area contributed by atoms with Gasteiger partial charge in [-0.25, -0.2) is 16.8 Å². The number of nitrogens with two attached hydrogens (primary N) is 1. The molecule has 18 heteroatoms. The second-order valence-electron chi connectivity index (χ2n) is 18.2. The summed E-state index contributed by atoms with van der Waals surface area (Å²) >= 11 is 0. The minimum Gasteiger partial charge on any atom is -0.748 e. The third-order valence-electron chi connectivity index (χ3n) is 12.7. The molecule has 14 nitrogen and oxygen atoms in total. The summed E-state index contributed by atoms with van der Waals surface area (Å²) in [4.78, 5) is 14.1. The van der Waals surface area contributed by atoms with Gasteiger partial charge < -0.3 is 25.1 Å². The zero-order valence-electron chi connectivity index (χ0n) is 39.1. The first-order chi connectivity index (χ1) is 31.1. The maximum atomic E-state index is 12.5. The summed E-state index contributed by atoms with van der Waals surface area (Å²) in [7, 11) is -13.5.